The number of azo groups is 1. The van der Waals surface area contributed by atoms with Crippen LogP contribution in [0.5, 0.6) is 5.75 Å². The number of phenols is 1. The number of aryl methyl sites for hydroxylation is 1. The van der Waals surface area contributed by atoms with Crippen molar-refractivity contribution in [1.82, 2.24) is 4.57 Å². The van der Waals surface area contributed by atoms with Crippen LogP contribution in [0.3, 0.4) is 0 Å². The van der Waals surface area contributed by atoms with Gasteiger partial charge in [0.15, 0.2) is 6.61 Å². The molecule has 160 valence electrons. The minimum Gasteiger partial charge on any atom is -0.508 e. The van der Waals surface area contributed by atoms with Crippen molar-refractivity contribution in [2.24, 2.45) is 10.2 Å². The number of nitrogens with zero attached hydrogens (tertiary/aromatic N) is 3. The molecule has 7 nitrogen and oxygen atoms in total. The summed E-state index contributed by atoms with van der Waals surface area (Å²) < 4.78 is 7.38. The number of aromatic hydroxyl groups is 1. The van der Waals surface area contributed by atoms with E-state index >= 15 is 0 Å². The van der Waals surface area contributed by atoms with Gasteiger partial charge >= 0.3 is 5.97 Å². The highest BCUT2D eigenvalue weighted by Gasteiger charge is 2.19. The van der Waals surface area contributed by atoms with Gasteiger partial charge in [-0.3, -0.25) is 4.79 Å². The van der Waals surface area contributed by atoms with E-state index in [1.807, 2.05) is 19.9 Å². The van der Waals surface area contributed by atoms with E-state index in [9.17, 15) is 14.7 Å². The molecule has 2 aromatic carbocycles. The van der Waals surface area contributed by atoms with E-state index in [-0.39, 0.29) is 23.7 Å². The largest absolute Gasteiger partial charge is 0.508 e. The molecule has 0 saturated carbocycles. The van der Waals surface area contributed by atoms with Crippen LogP contribution in [0.2, 0.25) is 0 Å². The number of aromatic nitrogens is 1. The molecule has 3 rings (SSSR count). The van der Waals surface area contributed by atoms with Crippen LogP contribution < -0.4 is 0 Å². The van der Waals surface area contributed by atoms with Crippen molar-refractivity contribution in [3.05, 3.63) is 77.1 Å². The van der Waals surface area contributed by atoms with Gasteiger partial charge in [-0.15, -0.1) is 5.11 Å². The van der Waals surface area contributed by atoms with Gasteiger partial charge in [0.1, 0.15) is 11.4 Å². The SMILES string of the molecule is CCCn1c(C)cc(C(=O)COC(=O)c2ccccc2N=Nc2ccc(O)cc2)c1C. The third-order valence-corrected chi connectivity index (χ3v) is 4.90. The molecule has 31 heavy (non-hydrogen) atoms. The average Bonchev–Trinajstić information content (AvgIpc) is 3.06. The van der Waals surface area contributed by atoms with Gasteiger partial charge in [0, 0.05) is 23.5 Å². The van der Waals surface area contributed by atoms with Crippen molar-refractivity contribution in [3.63, 3.8) is 0 Å². The second-order valence-electron chi connectivity index (χ2n) is 7.17. The maximum atomic E-state index is 12.6. The number of ether oxygens (including phenoxy) is 1. The molecule has 7 heteroatoms. The zero-order valence-electron chi connectivity index (χ0n) is 17.8. The summed E-state index contributed by atoms with van der Waals surface area (Å²) >= 11 is 0. The summed E-state index contributed by atoms with van der Waals surface area (Å²) in [4.78, 5) is 25.2. The minimum atomic E-state index is -0.643. The minimum absolute atomic E-state index is 0.128. The van der Waals surface area contributed by atoms with Crippen LogP contribution >= 0.6 is 0 Å². The lowest BCUT2D eigenvalue weighted by atomic mass is 10.1. The third-order valence-electron chi connectivity index (χ3n) is 4.90. The molecular formula is C24H25N3O4. The molecule has 0 aliphatic rings. The highest BCUT2D eigenvalue weighted by atomic mass is 16.5. The first-order chi connectivity index (χ1) is 14.9. The second-order valence-corrected chi connectivity index (χ2v) is 7.17. The van der Waals surface area contributed by atoms with Crippen LogP contribution in [0.15, 0.2) is 64.8 Å². The molecule has 0 fully saturated rings. The molecule has 1 heterocycles. The Balaban J connectivity index is 1.71. The lowest BCUT2D eigenvalue weighted by Gasteiger charge is -2.08. The van der Waals surface area contributed by atoms with Gasteiger partial charge in [-0.05, 0) is 62.7 Å². The number of rotatable bonds is 8. The van der Waals surface area contributed by atoms with Crippen LogP contribution in [-0.4, -0.2) is 28.0 Å². The Hall–Kier alpha value is -3.74. The Kier molecular flexibility index (Phi) is 6.97. The van der Waals surface area contributed by atoms with Gasteiger partial charge in [0.2, 0.25) is 5.78 Å². The van der Waals surface area contributed by atoms with E-state index in [1.54, 1.807) is 36.4 Å². The molecule has 3 aromatic rings. The van der Waals surface area contributed by atoms with Crippen molar-refractivity contribution >= 4 is 23.1 Å². The average molecular weight is 419 g/mol. The Morgan fingerprint density at radius 3 is 2.42 bits per heavy atom. The standard InChI is InChI=1S/C24H25N3O4/c1-4-13-27-16(2)14-21(17(27)3)23(29)15-31-24(30)20-7-5-6-8-22(20)26-25-18-9-11-19(28)12-10-18/h5-12,14,28H,4,13,15H2,1-3H3. The first-order valence-corrected chi connectivity index (χ1v) is 10.1. The molecule has 0 aliphatic heterocycles. The number of carbonyl (C=O) groups excluding carboxylic acids is 2. The van der Waals surface area contributed by atoms with E-state index in [2.05, 4.69) is 21.7 Å². The van der Waals surface area contributed by atoms with Gasteiger partial charge in [-0.2, -0.15) is 5.11 Å². The summed E-state index contributed by atoms with van der Waals surface area (Å²) in [5.41, 5.74) is 3.53. The van der Waals surface area contributed by atoms with Crippen LogP contribution in [0.1, 0.15) is 45.4 Å². The fourth-order valence-corrected chi connectivity index (χ4v) is 3.30. The number of ketones is 1. The highest BCUT2D eigenvalue weighted by Crippen LogP contribution is 2.24. The Morgan fingerprint density at radius 2 is 1.71 bits per heavy atom. The van der Waals surface area contributed by atoms with E-state index < -0.39 is 5.97 Å². The number of Topliss-reactive ketones (excluding diaryl/α,β-unsaturated/α-hetero) is 1. The number of carbonyl (C=O) groups is 2. The molecule has 0 spiro atoms. The van der Waals surface area contributed by atoms with Gasteiger partial charge in [0.05, 0.1) is 11.3 Å². The van der Waals surface area contributed by atoms with Crippen molar-refractivity contribution in [2.45, 2.75) is 33.7 Å². The number of hydrogen-bond donors (Lipinski definition) is 1. The van der Waals surface area contributed by atoms with E-state index in [0.717, 1.165) is 24.4 Å². The number of hydrogen-bond acceptors (Lipinski definition) is 6. The van der Waals surface area contributed by atoms with Crippen molar-refractivity contribution < 1.29 is 19.4 Å². The van der Waals surface area contributed by atoms with Crippen molar-refractivity contribution in [1.29, 1.82) is 0 Å². The molecule has 0 radical (unpaired) electrons. The van der Waals surface area contributed by atoms with Gasteiger partial charge in [0.25, 0.3) is 0 Å². The highest BCUT2D eigenvalue weighted by molar-refractivity contribution is 6.01. The monoisotopic (exact) mass is 419 g/mol. The molecule has 1 aromatic heterocycles. The topological polar surface area (TPSA) is 93.2 Å². The molecule has 0 unspecified atom stereocenters. The summed E-state index contributed by atoms with van der Waals surface area (Å²) in [5.74, 6) is -0.758. The van der Waals surface area contributed by atoms with E-state index in [0.29, 0.717) is 16.9 Å². The van der Waals surface area contributed by atoms with Gasteiger partial charge < -0.3 is 14.4 Å². The molecular weight excluding hydrogens is 394 g/mol. The lowest BCUT2D eigenvalue weighted by Crippen LogP contribution is -2.15. The van der Waals surface area contributed by atoms with Crippen LogP contribution in [0.4, 0.5) is 11.4 Å². The summed E-state index contributed by atoms with van der Waals surface area (Å²) in [5, 5.41) is 17.5. The van der Waals surface area contributed by atoms with Crippen molar-refractivity contribution in [3.8, 4) is 5.75 Å². The van der Waals surface area contributed by atoms with Gasteiger partial charge in [-0.1, -0.05) is 19.1 Å². The summed E-state index contributed by atoms with van der Waals surface area (Å²) in [6, 6.07) is 14.7. The molecule has 0 atom stereocenters. The number of benzene rings is 2. The smallest absolute Gasteiger partial charge is 0.340 e. The quantitative estimate of drug-likeness (QED) is 0.289. The molecule has 0 amide bonds. The first kappa shape index (κ1) is 22.0. The molecule has 0 saturated heterocycles. The fraction of sp³-hybridized carbons (Fsp3) is 0.250. The number of phenolic OH excluding ortho intramolecular Hbond substituents is 1. The van der Waals surface area contributed by atoms with Gasteiger partial charge in [-0.25, -0.2) is 4.79 Å². The molecule has 0 bridgehead atoms. The summed E-state index contributed by atoms with van der Waals surface area (Å²) in [6.45, 7) is 6.43. The summed E-state index contributed by atoms with van der Waals surface area (Å²) in [7, 11) is 0. The zero-order chi connectivity index (χ0) is 22.4. The van der Waals surface area contributed by atoms with Crippen LogP contribution in [0.25, 0.3) is 0 Å². The molecule has 1 N–H and O–H groups in total. The van der Waals surface area contributed by atoms with Crippen LogP contribution in [-0.2, 0) is 11.3 Å². The normalized spacial score (nSPS) is 11.1. The summed E-state index contributed by atoms with van der Waals surface area (Å²) in [6.07, 6.45) is 0.967. The molecule has 0 aliphatic carbocycles. The predicted octanol–water partition coefficient (Wildman–Crippen LogP) is 5.68. The van der Waals surface area contributed by atoms with Crippen molar-refractivity contribution in [2.75, 3.05) is 6.61 Å². The third kappa shape index (κ3) is 5.25. The van der Waals surface area contributed by atoms with E-state index in [1.165, 1.54) is 12.1 Å². The second kappa shape index (κ2) is 9.84. The van der Waals surface area contributed by atoms with Crippen LogP contribution in [0, 0.1) is 13.8 Å². The maximum absolute atomic E-state index is 12.6. The predicted molar refractivity (Wildman–Crippen MR) is 118 cm³/mol. The lowest BCUT2D eigenvalue weighted by molar-refractivity contribution is 0.0475. The maximum Gasteiger partial charge on any atom is 0.340 e. The number of esters is 1. The Morgan fingerprint density at radius 1 is 1.00 bits per heavy atom. The first-order valence-electron chi connectivity index (χ1n) is 10.1. The Bertz CT molecular complexity index is 1110. The van der Waals surface area contributed by atoms with E-state index in [4.69, 9.17) is 4.74 Å². The fourth-order valence-electron chi connectivity index (χ4n) is 3.30. The zero-order valence-corrected chi connectivity index (χ0v) is 17.8. The Labute approximate surface area is 181 Å².